The molecule has 1 saturated heterocycles. The van der Waals surface area contributed by atoms with Crippen LogP contribution >= 0.6 is 0 Å². The number of hydrogen-bond donors (Lipinski definition) is 6. The van der Waals surface area contributed by atoms with Crippen LogP contribution in [0.15, 0.2) is 0 Å². The topological polar surface area (TPSA) is 213 Å². The first kappa shape index (κ1) is 41.6. The molecule has 3 unspecified atom stereocenters. The maximum atomic E-state index is 11.8. The minimum absolute atomic E-state index is 0.0596. The van der Waals surface area contributed by atoms with Gasteiger partial charge in [-0.05, 0) is 11.8 Å². The van der Waals surface area contributed by atoms with E-state index in [0.717, 1.165) is 6.42 Å². The SMILES string of the molecule is CCC#CC#CCC(=O)NCCOCCOCCOCC(=O)NCCOCCOCCOCCOC1OC(CO)[C@@H](O)[C@H](O)C1O. The molecule has 0 aliphatic carbocycles. The fourth-order valence-electron chi connectivity index (χ4n) is 3.51. The zero-order valence-corrected chi connectivity index (χ0v) is 26.5. The monoisotopic (exact) mass is 662 g/mol. The van der Waals surface area contributed by atoms with Crippen molar-refractivity contribution in [3.8, 4) is 23.7 Å². The predicted molar refractivity (Wildman–Crippen MR) is 161 cm³/mol. The average Bonchev–Trinajstić information content (AvgIpc) is 3.05. The summed E-state index contributed by atoms with van der Waals surface area (Å²) in [5, 5.41) is 43.9. The highest BCUT2D eigenvalue weighted by Crippen LogP contribution is 2.21. The van der Waals surface area contributed by atoms with E-state index in [1.807, 2.05) is 6.92 Å². The molecule has 2 amide bonds. The van der Waals surface area contributed by atoms with E-state index in [-0.39, 0.29) is 44.7 Å². The molecule has 6 N–H and O–H groups in total. The summed E-state index contributed by atoms with van der Waals surface area (Å²) >= 11 is 0. The molecular formula is C30H50N2O14. The Hall–Kier alpha value is -2.42. The molecule has 264 valence electrons. The molecule has 5 atom stereocenters. The number of rotatable bonds is 26. The molecule has 0 aromatic heterocycles. The molecule has 1 aliphatic heterocycles. The normalized spacial score (nSPS) is 20.7. The molecule has 0 bridgehead atoms. The Balaban J connectivity index is 1.80. The lowest BCUT2D eigenvalue weighted by Gasteiger charge is -2.39. The van der Waals surface area contributed by atoms with Gasteiger partial charge in [0.2, 0.25) is 11.8 Å². The van der Waals surface area contributed by atoms with Gasteiger partial charge in [-0.15, -0.1) is 0 Å². The summed E-state index contributed by atoms with van der Waals surface area (Å²) in [6.07, 6.45) is -5.76. The number of ether oxygens (including phenoxy) is 8. The lowest BCUT2D eigenvalue weighted by molar-refractivity contribution is -0.302. The van der Waals surface area contributed by atoms with E-state index in [0.29, 0.717) is 72.6 Å². The van der Waals surface area contributed by atoms with Crippen molar-refractivity contribution in [1.82, 2.24) is 10.6 Å². The smallest absolute Gasteiger partial charge is 0.246 e. The Kier molecular flexibility index (Phi) is 26.0. The van der Waals surface area contributed by atoms with E-state index in [2.05, 4.69) is 34.3 Å². The van der Waals surface area contributed by atoms with Crippen molar-refractivity contribution in [2.45, 2.75) is 50.5 Å². The molecule has 1 heterocycles. The molecule has 0 aromatic carbocycles. The van der Waals surface area contributed by atoms with Gasteiger partial charge in [0.05, 0.1) is 92.3 Å². The van der Waals surface area contributed by atoms with Crippen molar-refractivity contribution in [1.29, 1.82) is 0 Å². The quantitative estimate of drug-likeness (QED) is 0.0401. The molecule has 16 heteroatoms. The molecule has 1 aliphatic rings. The third-order valence-corrected chi connectivity index (χ3v) is 5.88. The molecule has 46 heavy (non-hydrogen) atoms. The van der Waals surface area contributed by atoms with Gasteiger partial charge in [-0.25, -0.2) is 0 Å². The first-order valence-electron chi connectivity index (χ1n) is 15.3. The molecular weight excluding hydrogens is 612 g/mol. The zero-order chi connectivity index (χ0) is 33.7. The number of aliphatic hydroxyl groups excluding tert-OH is 4. The second-order valence-corrected chi connectivity index (χ2v) is 9.52. The summed E-state index contributed by atoms with van der Waals surface area (Å²) in [5.41, 5.74) is 0. The highest BCUT2D eigenvalue weighted by molar-refractivity contribution is 5.78. The fraction of sp³-hybridized carbons (Fsp3) is 0.800. The van der Waals surface area contributed by atoms with Gasteiger partial charge in [0.25, 0.3) is 0 Å². The van der Waals surface area contributed by atoms with Gasteiger partial charge in [-0.3, -0.25) is 9.59 Å². The number of carbonyl (C=O) groups excluding carboxylic acids is 2. The van der Waals surface area contributed by atoms with Crippen LogP contribution in [0.5, 0.6) is 0 Å². The van der Waals surface area contributed by atoms with Crippen LogP contribution in [0.25, 0.3) is 0 Å². The zero-order valence-electron chi connectivity index (χ0n) is 26.5. The van der Waals surface area contributed by atoms with Crippen molar-refractivity contribution in [3.05, 3.63) is 0 Å². The third-order valence-electron chi connectivity index (χ3n) is 5.88. The van der Waals surface area contributed by atoms with E-state index in [1.54, 1.807) is 0 Å². The summed E-state index contributed by atoms with van der Waals surface area (Å²) < 4.78 is 42.7. The first-order chi connectivity index (χ1) is 22.4. The Labute approximate surface area is 270 Å². The van der Waals surface area contributed by atoms with Crippen LogP contribution in [0.4, 0.5) is 0 Å². The molecule has 0 aromatic rings. The van der Waals surface area contributed by atoms with Crippen LogP contribution in [-0.2, 0) is 47.5 Å². The van der Waals surface area contributed by atoms with Crippen LogP contribution in [0.3, 0.4) is 0 Å². The van der Waals surface area contributed by atoms with Gasteiger partial charge >= 0.3 is 0 Å². The molecule has 0 spiro atoms. The van der Waals surface area contributed by atoms with Crippen LogP contribution in [0, 0.1) is 23.7 Å². The molecule has 0 radical (unpaired) electrons. The van der Waals surface area contributed by atoms with Crippen LogP contribution in [0.1, 0.15) is 19.8 Å². The standard InChI is InChI=1S/C30H50N2O14/c1-2-3-4-5-6-7-25(34)31-8-10-39-13-15-42-18-19-44-23-26(35)32-9-11-40-12-14-41-16-17-43-20-21-45-30-29(38)28(37)27(36)24(22-33)46-30/h24,27-30,33,36-38H,2,7-23H2,1H3,(H,31,34)(H,32,35)/t24?,27-,28+,29?,30?/m1/s1. The fourth-order valence-corrected chi connectivity index (χ4v) is 3.51. The average molecular weight is 663 g/mol. The Morgan fingerprint density at radius 3 is 1.72 bits per heavy atom. The summed E-state index contributed by atoms with van der Waals surface area (Å²) in [6.45, 7) is 5.54. The lowest BCUT2D eigenvalue weighted by atomic mass is 9.99. The van der Waals surface area contributed by atoms with Crippen LogP contribution in [0.2, 0.25) is 0 Å². The van der Waals surface area contributed by atoms with Crippen molar-refractivity contribution >= 4 is 11.8 Å². The van der Waals surface area contributed by atoms with Crippen molar-refractivity contribution in [2.75, 3.05) is 106 Å². The Morgan fingerprint density at radius 1 is 0.652 bits per heavy atom. The summed E-state index contributed by atoms with van der Waals surface area (Å²) in [4.78, 5) is 23.3. The van der Waals surface area contributed by atoms with Gasteiger partial charge in [-0.2, -0.15) is 0 Å². The van der Waals surface area contributed by atoms with E-state index < -0.39 is 37.3 Å². The molecule has 1 rings (SSSR count). The first-order valence-corrected chi connectivity index (χ1v) is 15.3. The van der Waals surface area contributed by atoms with Gasteiger partial charge in [0, 0.05) is 19.5 Å². The van der Waals surface area contributed by atoms with Crippen LogP contribution < -0.4 is 10.6 Å². The minimum Gasteiger partial charge on any atom is -0.394 e. The second kappa shape index (κ2) is 28.8. The predicted octanol–water partition coefficient (Wildman–Crippen LogP) is -3.06. The highest BCUT2D eigenvalue weighted by Gasteiger charge is 2.43. The van der Waals surface area contributed by atoms with Crippen molar-refractivity contribution < 1.29 is 67.9 Å². The van der Waals surface area contributed by atoms with E-state index in [1.165, 1.54) is 0 Å². The molecule has 0 saturated carbocycles. The van der Waals surface area contributed by atoms with Gasteiger partial charge in [0.1, 0.15) is 31.0 Å². The van der Waals surface area contributed by atoms with Gasteiger partial charge in [0.15, 0.2) is 6.29 Å². The summed E-state index contributed by atoms with van der Waals surface area (Å²) in [7, 11) is 0. The number of carbonyl (C=O) groups is 2. The number of nitrogens with one attached hydrogen (secondary N) is 2. The molecule has 1 fully saturated rings. The highest BCUT2D eigenvalue weighted by atomic mass is 16.7. The lowest BCUT2D eigenvalue weighted by Crippen LogP contribution is -2.59. The number of amides is 2. The third kappa shape index (κ3) is 21.4. The summed E-state index contributed by atoms with van der Waals surface area (Å²) in [5.74, 6) is 10.3. The largest absolute Gasteiger partial charge is 0.394 e. The van der Waals surface area contributed by atoms with Crippen LogP contribution in [-0.4, -0.2) is 169 Å². The van der Waals surface area contributed by atoms with Crippen molar-refractivity contribution in [3.63, 3.8) is 0 Å². The molecule has 16 nitrogen and oxygen atoms in total. The number of aliphatic hydroxyl groups is 4. The van der Waals surface area contributed by atoms with E-state index in [4.69, 9.17) is 43.0 Å². The minimum atomic E-state index is -1.49. The van der Waals surface area contributed by atoms with Gasteiger partial charge in [-0.1, -0.05) is 18.8 Å². The second-order valence-electron chi connectivity index (χ2n) is 9.52. The Bertz CT molecular complexity index is 917. The van der Waals surface area contributed by atoms with E-state index in [9.17, 15) is 24.9 Å². The van der Waals surface area contributed by atoms with Gasteiger partial charge < -0.3 is 69.0 Å². The maximum Gasteiger partial charge on any atom is 0.246 e. The Morgan fingerprint density at radius 2 is 1.15 bits per heavy atom. The van der Waals surface area contributed by atoms with E-state index >= 15 is 0 Å². The van der Waals surface area contributed by atoms with Crippen molar-refractivity contribution in [2.24, 2.45) is 0 Å². The maximum absolute atomic E-state index is 11.8. The number of hydrogen-bond acceptors (Lipinski definition) is 14. The summed E-state index contributed by atoms with van der Waals surface area (Å²) in [6, 6.07) is 0.